The van der Waals surface area contributed by atoms with Gasteiger partial charge in [0, 0.05) is 6.04 Å². The molecule has 1 amide bonds. The summed E-state index contributed by atoms with van der Waals surface area (Å²) >= 11 is 0. The van der Waals surface area contributed by atoms with Crippen LogP contribution in [0.15, 0.2) is 18.2 Å². The van der Waals surface area contributed by atoms with Gasteiger partial charge < -0.3 is 10.5 Å². The van der Waals surface area contributed by atoms with E-state index in [4.69, 9.17) is 10.5 Å². The summed E-state index contributed by atoms with van der Waals surface area (Å²) in [5, 5.41) is 3.25. The Morgan fingerprint density at radius 1 is 1.40 bits per heavy atom. The van der Waals surface area contributed by atoms with E-state index in [-0.39, 0.29) is 11.8 Å². The first kappa shape index (κ1) is 14.8. The molecule has 1 saturated carbocycles. The van der Waals surface area contributed by atoms with Gasteiger partial charge >= 0.3 is 0 Å². The Morgan fingerprint density at radius 2 is 2.10 bits per heavy atom. The van der Waals surface area contributed by atoms with Gasteiger partial charge in [-0.25, -0.2) is 4.39 Å². The van der Waals surface area contributed by atoms with Crippen molar-refractivity contribution in [1.82, 2.24) is 5.32 Å². The fraction of sp³-hybridized carbons (Fsp3) is 0.533. The number of nitrogens with one attached hydrogen (secondary N) is 1. The number of rotatable bonds is 5. The van der Waals surface area contributed by atoms with Crippen LogP contribution >= 0.6 is 0 Å². The van der Waals surface area contributed by atoms with Gasteiger partial charge in [-0.3, -0.25) is 10.1 Å². The van der Waals surface area contributed by atoms with Crippen LogP contribution in [0.4, 0.5) is 4.39 Å². The highest BCUT2D eigenvalue weighted by atomic mass is 19.1. The maximum Gasteiger partial charge on any atom is 0.239 e. The molecule has 0 radical (unpaired) electrons. The maximum atomic E-state index is 13.7. The van der Waals surface area contributed by atoms with E-state index < -0.39 is 17.8 Å². The maximum absolute atomic E-state index is 13.7. The van der Waals surface area contributed by atoms with Crippen molar-refractivity contribution in [1.29, 1.82) is 0 Å². The summed E-state index contributed by atoms with van der Waals surface area (Å²) in [7, 11) is 1.41. The molecule has 1 aliphatic carbocycles. The Balaban J connectivity index is 2.15. The minimum Gasteiger partial charge on any atom is -0.494 e. The topological polar surface area (TPSA) is 64.3 Å². The van der Waals surface area contributed by atoms with Crippen LogP contribution in [0.2, 0.25) is 0 Å². The fourth-order valence-electron chi connectivity index (χ4n) is 2.71. The number of amides is 1. The summed E-state index contributed by atoms with van der Waals surface area (Å²) < 4.78 is 18.6. The molecule has 110 valence electrons. The highest BCUT2D eigenvalue weighted by Crippen LogP contribution is 2.25. The number of benzene rings is 1. The van der Waals surface area contributed by atoms with E-state index in [9.17, 15) is 9.18 Å². The van der Waals surface area contributed by atoms with Crippen molar-refractivity contribution in [2.75, 3.05) is 7.11 Å². The van der Waals surface area contributed by atoms with Crippen LogP contribution < -0.4 is 15.8 Å². The number of hydrogen-bond donors (Lipinski definition) is 2. The van der Waals surface area contributed by atoms with Gasteiger partial charge in [0.05, 0.1) is 7.11 Å². The molecule has 1 fully saturated rings. The smallest absolute Gasteiger partial charge is 0.239 e. The lowest BCUT2D eigenvalue weighted by Gasteiger charge is -2.27. The van der Waals surface area contributed by atoms with Gasteiger partial charge in [0.25, 0.3) is 0 Å². The molecule has 1 unspecified atom stereocenters. The molecule has 0 aromatic heterocycles. The molecule has 20 heavy (non-hydrogen) atoms. The van der Waals surface area contributed by atoms with Gasteiger partial charge in [-0.1, -0.05) is 25.3 Å². The zero-order valence-corrected chi connectivity index (χ0v) is 11.7. The van der Waals surface area contributed by atoms with Crippen molar-refractivity contribution in [2.45, 2.75) is 44.2 Å². The minimum atomic E-state index is -0.654. The summed E-state index contributed by atoms with van der Waals surface area (Å²) in [5.74, 6) is -0.809. The Hall–Kier alpha value is -1.62. The highest BCUT2D eigenvalue weighted by Gasteiger charge is 2.24. The summed E-state index contributed by atoms with van der Waals surface area (Å²) in [6.07, 6.45) is 5.60. The average Bonchev–Trinajstić information content (AvgIpc) is 2.45. The van der Waals surface area contributed by atoms with Crippen LogP contribution in [0, 0.1) is 5.82 Å². The fourth-order valence-corrected chi connectivity index (χ4v) is 2.71. The van der Waals surface area contributed by atoms with Gasteiger partial charge in [0.1, 0.15) is 6.04 Å². The lowest BCUT2D eigenvalue weighted by molar-refractivity contribution is -0.120. The van der Waals surface area contributed by atoms with Crippen LogP contribution in [0.5, 0.6) is 5.75 Å². The van der Waals surface area contributed by atoms with Crippen molar-refractivity contribution in [3.63, 3.8) is 0 Å². The first-order chi connectivity index (χ1) is 9.61. The molecule has 5 heteroatoms. The summed E-state index contributed by atoms with van der Waals surface area (Å²) in [4.78, 5) is 11.6. The van der Waals surface area contributed by atoms with E-state index in [2.05, 4.69) is 5.32 Å². The number of carbonyl (C=O) groups excluding carboxylic acids is 1. The molecule has 0 aliphatic heterocycles. The summed E-state index contributed by atoms with van der Waals surface area (Å²) in [6.45, 7) is 0. The van der Waals surface area contributed by atoms with E-state index in [0.29, 0.717) is 5.56 Å². The number of primary amides is 1. The van der Waals surface area contributed by atoms with E-state index in [1.807, 2.05) is 0 Å². The Morgan fingerprint density at radius 3 is 2.65 bits per heavy atom. The molecule has 1 aliphatic rings. The summed E-state index contributed by atoms with van der Waals surface area (Å²) in [5.41, 5.74) is 5.99. The first-order valence-corrected chi connectivity index (χ1v) is 7.00. The normalized spacial score (nSPS) is 17.7. The Labute approximate surface area is 118 Å². The molecule has 0 bridgehead atoms. The molecule has 0 saturated heterocycles. The van der Waals surface area contributed by atoms with Gasteiger partial charge in [0.2, 0.25) is 5.91 Å². The van der Waals surface area contributed by atoms with E-state index >= 15 is 0 Å². The van der Waals surface area contributed by atoms with Gasteiger partial charge in [-0.15, -0.1) is 0 Å². The Bertz CT molecular complexity index is 473. The van der Waals surface area contributed by atoms with Crippen LogP contribution in [-0.4, -0.2) is 19.1 Å². The molecule has 0 spiro atoms. The highest BCUT2D eigenvalue weighted by molar-refractivity contribution is 5.81. The van der Waals surface area contributed by atoms with Crippen molar-refractivity contribution in [3.8, 4) is 5.75 Å². The number of halogens is 1. The average molecular weight is 280 g/mol. The zero-order valence-electron chi connectivity index (χ0n) is 11.7. The quantitative estimate of drug-likeness (QED) is 0.869. The Kier molecular flexibility index (Phi) is 4.95. The molecule has 1 aromatic rings. The van der Waals surface area contributed by atoms with Crippen molar-refractivity contribution in [2.24, 2.45) is 5.73 Å². The van der Waals surface area contributed by atoms with Crippen molar-refractivity contribution < 1.29 is 13.9 Å². The van der Waals surface area contributed by atoms with Crippen LogP contribution in [0.3, 0.4) is 0 Å². The standard InChI is InChI=1S/C15H21FN2O2/c1-20-13-8-7-10(9-12(13)16)14(15(17)19)18-11-5-3-2-4-6-11/h7-9,11,14,18H,2-6H2,1H3,(H2,17,19). The monoisotopic (exact) mass is 280 g/mol. The third-order valence-electron chi connectivity index (χ3n) is 3.80. The number of nitrogens with two attached hydrogens (primary N) is 1. The molecular formula is C15H21FN2O2. The SMILES string of the molecule is COc1ccc(C(NC2CCCCC2)C(N)=O)cc1F. The molecule has 2 rings (SSSR count). The van der Waals surface area contributed by atoms with Crippen molar-refractivity contribution in [3.05, 3.63) is 29.6 Å². The van der Waals surface area contributed by atoms with Gasteiger partial charge in [-0.2, -0.15) is 0 Å². The number of ether oxygens (including phenoxy) is 1. The molecule has 1 aromatic carbocycles. The third-order valence-corrected chi connectivity index (χ3v) is 3.80. The minimum absolute atomic E-state index is 0.162. The third kappa shape index (κ3) is 3.48. The van der Waals surface area contributed by atoms with E-state index in [0.717, 1.165) is 25.7 Å². The van der Waals surface area contributed by atoms with E-state index in [1.165, 1.54) is 25.7 Å². The molecule has 4 nitrogen and oxygen atoms in total. The predicted molar refractivity (Wildman–Crippen MR) is 74.9 cm³/mol. The van der Waals surface area contributed by atoms with Crippen LogP contribution in [0.1, 0.15) is 43.7 Å². The van der Waals surface area contributed by atoms with Crippen LogP contribution in [-0.2, 0) is 4.79 Å². The molecule has 1 atom stereocenters. The lowest BCUT2D eigenvalue weighted by atomic mass is 9.94. The number of carbonyl (C=O) groups is 1. The van der Waals surface area contributed by atoms with Gasteiger partial charge in [-0.05, 0) is 30.5 Å². The zero-order chi connectivity index (χ0) is 14.5. The lowest BCUT2D eigenvalue weighted by Crippen LogP contribution is -2.41. The first-order valence-electron chi connectivity index (χ1n) is 7.00. The number of hydrogen-bond acceptors (Lipinski definition) is 3. The second-order valence-corrected chi connectivity index (χ2v) is 5.23. The van der Waals surface area contributed by atoms with Crippen LogP contribution in [0.25, 0.3) is 0 Å². The molecule has 0 heterocycles. The molecular weight excluding hydrogens is 259 g/mol. The summed E-state index contributed by atoms with van der Waals surface area (Å²) in [6, 6.07) is 4.12. The second-order valence-electron chi connectivity index (χ2n) is 5.23. The second kappa shape index (κ2) is 6.70. The molecule has 3 N–H and O–H groups in total. The largest absolute Gasteiger partial charge is 0.494 e. The van der Waals surface area contributed by atoms with Crippen molar-refractivity contribution >= 4 is 5.91 Å². The predicted octanol–water partition coefficient (Wildman–Crippen LogP) is 2.28. The van der Waals surface area contributed by atoms with Gasteiger partial charge in [0.15, 0.2) is 11.6 Å². The van der Waals surface area contributed by atoms with E-state index in [1.54, 1.807) is 6.07 Å². The number of methoxy groups -OCH3 is 1.